The summed E-state index contributed by atoms with van der Waals surface area (Å²) in [5.74, 6) is -0.532. The number of hydrogen-bond acceptors (Lipinski definition) is 4. The third-order valence-electron chi connectivity index (χ3n) is 6.13. The maximum atomic E-state index is 12.8. The van der Waals surface area contributed by atoms with Crippen LogP contribution in [-0.4, -0.2) is 25.2 Å². The van der Waals surface area contributed by atoms with Crippen LogP contribution in [0.1, 0.15) is 98.3 Å². The second kappa shape index (κ2) is 14.0. The number of rotatable bonds is 12. The Bertz CT molecular complexity index is 421. The standard InChI is InChI=1S/C23H42O4/c1-5-7-9-11-16-26-22(24)20-15-13-14-18(3)19(4)21(20)23(25)27-17-12-10-8-6-2/h18-21H,5-17H2,1-4H3. The normalized spacial score (nSPS) is 25.6. The predicted molar refractivity (Wildman–Crippen MR) is 109 cm³/mol. The van der Waals surface area contributed by atoms with E-state index in [0.717, 1.165) is 57.8 Å². The number of unbranched alkanes of at least 4 members (excludes halogenated alkanes) is 6. The van der Waals surface area contributed by atoms with Crippen molar-refractivity contribution in [2.75, 3.05) is 13.2 Å². The molecule has 0 aromatic heterocycles. The highest BCUT2D eigenvalue weighted by molar-refractivity contribution is 5.82. The van der Waals surface area contributed by atoms with Gasteiger partial charge in [-0.25, -0.2) is 0 Å². The fourth-order valence-electron chi connectivity index (χ4n) is 4.07. The van der Waals surface area contributed by atoms with Gasteiger partial charge in [-0.05, 0) is 31.1 Å². The summed E-state index contributed by atoms with van der Waals surface area (Å²) in [6, 6.07) is 0. The molecular weight excluding hydrogens is 340 g/mol. The van der Waals surface area contributed by atoms with Crippen molar-refractivity contribution in [3.8, 4) is 0 Å². The molecule has 0 aromatic rings. The molecule has 1 saturated carbocycles. The first-order valence-electron chi connectivity index (χ1n) is 11.4. The monoisotopic (exact) mass is 382 g/mol. The van der Waals surface area contributed by atoms with Crippen LogP contribution in [0.3, 0.4) is 0 Å². The molecule has 1 aliphatic rings. The number of carbonyl (C=O) groups excluding carboxylic acids is 2. The molecule has 0 N–H and O–H groups in total. The van der Waals surface area contributed by atoms with E-state index in [2.05, 4.69) is 27.7 Å². The van der Waals surface area contributed by atoms with E-state index in [-0.39, 0.29) is 29.7 Å². The summed E-state index contributed by atoms with van der Waals surface area (Å²) < 4.78 is 11.2. The van der Waals surface area contributed by atoms with Gasteiger partial charge in [0.1, 0.15) is 0 Å². The lowest BCUT2D eigenvalue weighted by Gasteiger charge is -2.29. The van der Waals surface area contributed by atoms with Crippen molar-refractivity contribution in [2.45, 2.75) is 98.3 Å². The van der Waals surface area contributed by atoms with E-state index in [9.17, 15) is 9.59 Å². The van der Waals surface area contributed by atoms with Gasteiger partial charge in [0.05, 0.1) is 25.0 Å². The lowest BCUT2D eigenvalue weighted by Crippen LogP contribution is -2.37. The van der Waals surface area contributed by atoms with Crippen molar-refractivity contribution < 1.29 is 19.1 Å². The van der Waals surface area contributed by atoms with Gasteiger partial charge in [-0.15, -0.1) is 0 Å². The van der Waals surface area contributed by atoms with Crippen LogP contribution in [0.5, 0.6) is 0 Å². The molecule has 4 atom stereocenters. The molecule has 0 radical (unpaired) electrons. The molecule has 0 heterocycles. The molecule has 0 aliphatic heterocycles. The molecule has 27 heavy (non-hydrogen) atoms. The van der Waals surface area contributed by atoms with Crippen LogP contribution < -0.4 is 0 Å². The molecule has 1 rings (SSSR count). The molecule has 1 aliphatic carbocycles. The van der Waals surface area contributed by atoms with Crippen LogP contribution in [0.2, 0.25) is 0 Å². The van der Waals surface area contributed by atoms with Gasteiger partial charge in [0.25, 0.3) is 0 Å². The zero-order valence-corrected chi connectivity index (χ0v) is 18.1. The third-order valence-corrected chi connectivity index (χ3v) is 6.13. The fraction of sp³-hybridized carbons (Fsp3) is 0.913. The summed E-state index contributed by atoms with van der Waals surface area (Å²) in [4.78, 5) is 25.6. The third kappa shape index (κ3) is 8.66. The first-order valence-corrected chi connectivity index (χ1v) is 11.4. The Labute approximate surface area is 166 Å². The lowest BCUT2D eigenvalue weighted by atomic mass is 9.77. The first kappa shape index (κ1) is 24.0. The van der Waals surface area contributed by atoms with E-state index in [1.807, 2.05) is 0 Å². The molecule has 0 aromatic carbocycles. The predicted octanol–water partition coefficient (Wildman–Crippen LogP) is 5.92. The van der Waals surface area contributed by atoms with Gasteiger partial charge in [-0.2, -0.15) is 0 Å². The van der Waals surface area contributed by atoms with Crippen LogP contribution in [0.4, 0.5) is 0 Å². The molecule has 0 bridgehead atoms. The van der Waals surface area contributed by atoms with Gasteiger partial charge in [0.2, 0.25) is 0 Å². The fourth-order valence-corrected chi connectivity index (χ4v) is 4.07. The van der Waals surface area contributed by atoms with Gasteiger partial charge < -0.3 is 9.47 Å². The molecule has 1 fully saturated rings. The molecule has 4 heteroatoms. The second-order valence-electron chi connectivity index (χ2n) is 8.36. The molecule has 4 unspecified atom stereocenters. The van der Waals surface area contributed by atoms with E-state index in [1.54, 1.807) is 0 Å². The summed E-state index contributed by atoms with van der Waals surface area (Å²) in [5.41, 5.74) is 0. The highest BCUT2D eigenvalue weighted by Crippen LogP contribution is 2.38. The Morgan fingerprint density at radius 1 is 0.778 bits per heavy atom. The van der Waals surface area contributed by atoms with Crippen molar-refractivity contribution >= 4 is 11.9 Å². The molecule has 0 amide bonds. The van der Waals surface area contributed by atoms with Gasteiger partial charge >= 0.3 is 11.9 Å². The van der Waals surface area contributed by atoms with Crippen LogP contribution in [0, 0.1) is 23.7 Å². The van der Waals surface area contributed by atoms with Gasteiger partial charge in [0, 0.05) is 0 Å². The van der Waals surface area contributed by atoms with E-state index in [4.69, 9.17) is 9.47 Å². The Morgan fingerprint density at radius 3 is 1.89 bits per heavy atom. The molecule has 4 nitrogen and oxygen atoms in total. The number of carbonyl (C=O) groups is 2. The topological polar surface area (TPSA) is 52.6 Å². The van der Waals surface area contributed by atoms with Crippen molar-refractivity contribution in [3.05, 3.63) is 0 Å². The SMILES string of the molecule is CCCCCCOC(=O)C1CCCC(C)C(C)C1C(=O)OCCCCCC. The maximum Gasteiger partial charge on any atom is 0.310 e. The molecule has 0 spiro atoms. The Kier molecular flexibility index (Phi) is 12.4. The van der Waals surface area contributed by atoms with Gasteiger partial charge in [-0.1, -0.05) is 79.1 Å². The smallest absolute Gasteiger partial charge is 0.310 e. The highest BCUT2D eigenvalue weighted by atomic mass is 16.5. The zero-order chi connectivity index (χ0) is 20.1. The summed E-state index contributed by atoms with van der Waals surface area (Å²) in [7, 11) is 0. The van der Waals surface area contributed by atoms with E-state index < -0.39 is 0 Å². The van der Waals surface area contributed by atoms with Crippen LogP contribution in [0.25, 0.3) is 0 Å². The summed E-state index contributed by atoms with van der Waals surface area (Å²) in [6.07, 6.45) is 11.4. The largest absolute Gasteiger partial charge is 0.465 e. The van der Waals surface area contributed by atoms with Crippen LogP contribution >= 0.6 is 0 Å². The van der Waals surface area contributed by atoms with Crippen molar-refractivity contribution in [1.82, 2.24) is 0 Å². The minimum Gasteiger partial charge on any atom is -0.465 e. The van der Waals surface area contributed by atoms with Gasteiger partial charge in [0.15, 0.2) is 0 Å². The van der Waals surface area contributed by atoms with E-state index in [1.165, 1.54) is 12.8 Å². The average molecular weight is 383 g/mol. The van der Waals surface area contributed by atoms with Crippen molar-refractivity contribution in [3.63, 3.8) is 0 Å². The summed E-state index contributed by atoms with van der Waals surface area (Å²) in [6.45, 7) is 9.55. The molecule has 158 valence electrons. The summed E-state index contributed by atoms with van der Waals surface area (Å²) >= 11 is 0. The Morgan fingerprint density at radius 2 is 1.33 bits per heavy atom. The second-order valence-corrected chi connectivity index (χ2v) is 8.36. The van der Waals surface area contributed by atoms with Crippen molar-refractivity contribution in [1.29, 1.82) is 0 Å². The Hall–Kier alpha value is -1.06. The zero-order valence-electron chi connectivity index (χ0n) is 18.1. The molecule has 0 saturated heterocycles. The minimum absolute atomic E-state index is 0.147. The lowest BCUT2D eigenvalue weighted by molar-refractivity contribution is -0.163. The minimum atomic E-state index is -0.364. The van der Waals surface area contributed by atoms with Gasteiger partial charge in [-0.3, -0.25) is 9.59 Å². The van der Waals surface area contributed by atoms with E-state index >= 15 is 0 Å². The van der Waals surface area contributed by atoms with Crippen LogP contribution in [0.15, 0.2) is 0 Å². The average Bonchev–Trinajstić information content (AvgIpc) is 2.80. The molecular formula is C23H42O4. The number of ether oxygens (including phenoxy) is 2. The van der Waals surface area contributed by atoms with Crippen molar-refractivity contribution in [2.24, 2.45) is 23.7 Å². The Balaban J connectivity index is 2.64. The maximum absolute atomic E-state index is 12.8. The highest BCUT2D eigenvalue weighted by Gasteiger charge is 2.42. The summed E-state index contributed by atoms with van der Waals surface area (Å²) in [5, 5.41) is 0. The first-order chi connectivity index (χ1) is 13.0. The van der Waals surface area contributed by atoms with E-state index in [0.29, 0.717) is 19.1 Å². The van der Waals surface area contributed by atoms with Crippen LogP contribution in [-0.2, 0) is 19.1 Å². The number of esters is 2. The number of hydrogen-bond donors (Lipinski definition) is 0. The quantitative estimate of drug-likeness (QED) is 0.239.